The summed E-state index contributed by atoms with van der Waals surface area (Å²) >= 11 is 0. The van der Waals surface area contributed by atoms with Gasteiger partial charge < -0.3 is 10.1 Å². The van der Waals surface area contributed by atoms with E-state index in [0.29, 0.717) is 18.2 Å². The third kappa shape index (κ3) is 4.04. The number of likely N-dealkylation sites (N-methyl/N-ethyl adjacent to an activating group) is 1. The Morgan fingerprint density at radius 1 is 1.50 bits per heavy atom. The number of hydrogen-bond acceptors (Lipinski definition) is 3. The molecule has 3 atom stereocenters. The summed E-state index contributed by atoms with van der Waals surface area (Å²) in [7, 11) is 2.24. The first-order chi connectivity index (χ1) is 7.66. The van der Waals surface area contributed by atoms with E-state index in [1.807, 2.05) is 0 Å². The van der Waals surface area contributed by atoms with Crippen LogP contribution in [0.5, 0.6) is 0 Å². The monoisotopic (exact) mass is 228 g/mol. The summed E-state index contributed by atoms with van der Waals surface area (Å²) < 4.78 is 5.63. The van der Waals surface area contributed by atoms with Crippen LogP contribution in [0.25, 0.3) is 0 Å². The second-order valence-electron chi connectivity index (χ2n) is 4.94. The molecule has 1 heterocycles. The molecule has 96 valence electrons. The van der Waals surface area contributed by atoms with Gasteiger partial charge in [-0.1, -0.05) is 6.92 Å². The third-order valence-corrected chi connectivity index (χ3v) is 3.78. The van der Waals surface area contributed by atoms with Gasteiger partial charge in [0.05, 0.1) is 6.10 Å². The van der Waals surface area contributed by atoms with Crippen LogP contribution in [-0.2, 0) is 4.74 Å². The molecule has 1 aliphatic heterocycles. The molecule has 0 amide bonds. The molecule has 0 saturated carbocycles. The standard InChI is InChI=1S/C13H28N2O/c1-5-14-9-6-7-11(2)15(4)13-8-10-16-12(13)3/h11-14H,5-10H2,1-4H3. The van der Waals surface area contributed by atoms with Gasteiger partial charge in [-0.05, 0) is 53.2 Å². The fourth-order valence-corrected chi connectivity index (χ4v) is 2.48. The van der Waals surface area contributed by atoms with Crippen LogP contribution >= 0.6 is 0 Å². The highest BCUT2D eigenvalue weighted by Crippen LogP contribution is 2.21. The maximum atomic E-state index is 5.63. The molecule has 0 aromatic carbocycles. The summed E-state index contributed by atoms with van der Waals surface area (Å²) in [5.41, 5.74) is 0. The Balaban J connectivity index is 2.21. The van der Waals surface area contributed by atoms with Gasteiger partial charge in [0, 0.05) is 18.7 Å². The van der Waals surface area contributed by atoms with Crippen LogP contribution in [-0.4, -0.2) is 49.8 Å². The number of nitrogens with zero attached hydrogens (tertiary/aromatic N) is 1. The molecular weight excluding hydrogens is 200 g/mol. The molecule has 3 nitrogen and oxygen atoms in total. The average Bonchev–Trinajstić information content (AvgIpc) is 2.69. The van der Waals surface area contributed by atoms with Crippen LogP contribution in [0.2, 0.25) is 0 Å². The van der Waals surface area contributed by atoms with Crippen molar-refractivity contribution in [1.29, 1.82) is 0 Å². The van der Waals surface area contributed by atoms with Gasteiger partial charge in [-0.25, -0.2) is 0 Å². The van der Waals surface area contributed by atoms with Crippen LogP contribution in [0.4, 0.5) is 0 Å². The van der Waals surface area contributed by atoms with Gasteiger partial charge in [0.1, 0.15) is 0 Å². The lowest BCUT2D eigenvalue weighted by molar-refractivity contribution is 0.0685. The summed E-state index contributed by atoms with van der Waals surface area (Å²) in [4.78, 5) is 2.50. The molecular formula is C13H28N2O. The highest BCUT2D eigenvalue weighted by molar-refractivity contribution is 4.83. The van der Waals surface area contributed by atoms with Crippen molar-refractivity contribution in [3.05, 3.63) is 0 Å². The lowest BCUT2D eigenvalue weighted by Crippen LogP contribution is -2.42. The van der Waals surface area contributed by atoms with E-state index in [1.54, 1.807) is 0 Å². The van der Waals surface area contributed by atoms with Crippen LogP contribution in [0.3, 0.4) is 0 Å². The molecule has 1 fully saturated rings. The first-order valence-electron chi connectivity index (χ1n) is 6.71. The van der Waals surface area contributed by atoms with Crippen molar-refractivity contribution in [2.24, 2.45) is 0 Å². The minimum atomic E-state index is 0.404. The number of rotatable bonds is 7. The number of nitrogens with one attached hydrogen (secondary N) is 1. The molecule has 0 radical (unpaired) electrons. The summed E-state index contributed by atoms with van der Waals surface area (Å²) in [5.74, 6) is 0. The zero-order valence-corrected chi connectivity index (χ0v) is 11.3. The Morgan fingerprint density at radius 2 is 2.25 bits per heavy atom. The van der Waals surface area contributed by atoms with Crippen molar-refractivity contribution in [1.82, 2.24) is 10.2 Å². The third-order valence-electron chi connectivity index (χ3n) is 3.78. The largest absolute Gasteiger partial charge is 0.377 e. The minimum absolute atomic E-state index is 0.404. The number of ether oxygens (including phenoxy) is 1. The molecule has 16 heavy (non-hydrogen) atoms. The van der Waals surface area contributed by atoms with Gasteiger partial charge in [0.25, 0.3) is 0 Å². The van der Waals surface area contributed by atoms with E-state index in [0.717, 1.165) is 19.7 Å². The maximum absolute atomic E-state index is 5.63. The molecule has 1 aliphatic rings. The van der Waals surface area contributed by atoms with Crippen molar-refractivity contribution in [2.45, 2.75) is 58.2 Å². The Labute approximate surface area is 101 Å². The highest BCUT2D eigenvalue weighted by atomic mass is 16.5. The molecule has 1 N–H and O–H groups in total. The Morgan fingerprint density at radius 3 is 2.81 bits per heavy atom. The van der Waals surface area contributed by atoms with Crippen molar-refractivity contribution in [3.63, 3.8) is 0 Å². The molecule has 3 heteroatoms. The van der Waals surface area contributed by atoms with Gasteiger partial charge in [-0.2, -0.15) is 0 Å². The maximum Gasteiger partial charge on any atom is 0.0703 e. The fourth-order valence-electron chi connectivity index (χ4n) is 2.48. The first-order valence-corrected chi connectivity index (χ1v) is 6.71. The van der Waals surface area contributed by atoms with E-state index in [4.69, 9.17) is 4.74 Å². The van der Waals surface area contributed by atoms with Crippen LogP contribution in [0.15, 0.2) is 0 Å². The number of hydrogen-bond donors (Lipinski definition) is 1. The molecule has 0 aliphatic carbocycles. The molecule has 0 bridgehead atoms. The summed E-state index contributed by atoms with van der Waals surface area (Å²) in [5, 5.41) is 3.38. The molecule has 0 aromatic rings. The molecule has 0 spiro atoms. The fraction of sp³-hybridized carbons (Fsp3) is 1.00. The topological polar surface area (TPSA) is 24.5 Å². The second kappa shape index (κ2) is 7.25. The predicted molar refractivity (Wildman–Crippen MR) is 68.8 cm³/mol. The minimum Gasteiger partial charge on any atom is -0.377 e. The zero-order chi connectivity index (χ0) is 12.0. The zero-order valence-electron chi connectivity index (χ0n) is 11.3. The Bertz CT molecular complexity index is 187. The Kier molecular flexibility index (Phi) is 6.32. The molecule has 1 saturated heterocycles. The SMILES string of the molecule is CCNCCCC(C)N(C)C1CCOC1C. The quantitative estimate of drug-likeness (QED) is 0.673. The van der Waals surface area contributed by atoms with Gasteiger partial charge in [-0.3, -0.25) is 4.90 Å². The van der Waals surface area contributed by atoms with Gasteiger partial charge >= 0.3 is 0 Å². The summed E-state index contributed by atoms with van der Waals surface area (Å²) in [6.07, 6.45) is 4.13. The lowest BCUT2D eigenvalue weighted by Gasteiger charge is -2.32. The molecule has 0 aromatic heterocycles. The van der Waals surface area contributed by atoms with Crippen molar-refractivity contribution < 1.29 is 4.74 Å². The lowest BCUT2D eigenvalue weighted by atomic mass is 10.1. The average molecular weight is 228 g/mol. The van der Waals surface area contributed by atoms with Gasteiger partial charge in [0.2, 0.25) is 0 Å². The van der Waals surface area contributed by atoms with E-state index in [2.05, 4.69) is 38.0 Å². The normalized spacial score (nSPS) is 27.6. The van der Waals surface area contributed by atoms with Crippen LogP contribution < -0.4 is 5.32 Å². The summed E-state index contributed by atoms with van der Waals surface area (Å²) in [6.45, 7) is 9.84. The van der Waals surface area contributed by atoms with E-state index in [1.165, 1.54) is 19.3 Å². The predicted octanol–water partition coefficient (Wildman–Crippen LogP) is 1.87. The van der Waals surface area contributed by atoms with E-state index in [9.17, 15) is 0 Å². The highest BCUT2D eigenvalue weighted by Gasteiger charge is 2.29. The van der Waals surface area contributed by atoms with E-state index in [-0.39, 0.29) is 0 Å². The van der Waals surface area contributed by atoms with Gasteiger partial charge in [0.15, 0.2) is 0 Å². The van der Waals surface area contributed by atoms with Crippen molar-refractivity contribution >= 4 is 0 Å². The van der Waals surface area contributed by atoms with Gasteiger partial charge in [-0.15, -0.1) is 0 Å². The van der Waals surface area contributed by atoms with E-state index >= 15 is 0 Å². The van der Waals surface area contributed by atoms with Crippen LogP contribution in [0.1, 0.15) is 40.0 Å². The van der Waals surface area contributed by atoms with E-state index < -0.39 is 0 Å². The van der Waals surface area contributed by atoms with Crippen molar-refractivity contribution in [2.75, 3.05) is 26.7 Å². The second-order valence-corrected chi connectivity index (χ2v) is 4.94. The summed E-state index contributed by atoms with van der Waals surface area (Å²) in [6, 6.07) is 1.28. The first kappa shape index (κ1) is 13.9. The molecule has 1 rings (SSSR count). The van der Waals surface area contributed by atoms with Crippen LogP contribution in [0, 0.1) is 0 Å². The van der Waals surface area contributed by atoms with Crippen molar-refractivity contribution in [3.8, 4) is 0 Å². The smallest absolute Gasteiger partial charge is 0.0703 e. The molecule has 3 unspecified atom stereocenters. The Hall–Kier alpha value is -0.120.